The summed E-state index contributed by atoms with van der Waals surface area (Å²) in [5, 5.41) is 22.7. The smallest absolute Gasteiger partial charge is 0.178 e. The van der Waals surface area contributed by atoms with E-state index in [1.54, 1.807) is 27.7 Å². The van der Waals surface area contributed by atoms with Crippen LogP contribution in [-0.2, 0) is 9.59 Å². The van der Waals surface area contributed by atoms with Crippen molar-refractivity contribution in [2.75, 3.05) is 0 Å². The summed E-state index contributed by atoms with van der Waals surface area (Å²) in [7, 11) is 0. The Balaban J connectivity index is 1.87. The maximum absolute atomic E-state index is 16.9. The Kier molecular flexibility index (Phi) is 4.36. The molecule has 2 N–H and O–H groups in total. The first kappa shape index (κ1) is 20.9. The van der Waals surface area contributed by atoms with Gasteiger partial charge in [0.2, 0.25) is 0 Å². The number of fused-ring (bicyclic) bond motifs is 5. The molecule has 3 saturated carbocycles. The van der Waals surface area contributed by atoms with Crippen molar-refractivity contribution in [3.05, 3.63) is 23.8 Å². The summed E-state index contributed by atoms with van der Waals surface area (Å²) in [6.45, 7) is 6.76. The summed E-state index contributed by atoms with van der Waals surface area (Å²) in [6.07, 6.45) is 1.09. The number of carbonyl (C=O) groups excluding carboxylic acids is 2. The van der Waals surface area contributed by atoms with E-state index in [9.17, 15) is 19.8 Å². The molecule has 0 heterocycles. The van der Waals surface area contributed by atoms with Crippen molar-refractivity contribution < 1.29 is 28.6 Å². The van der Waals surface area contributed by atoms with Crippen LogP contribution in [0.2, 0.25) is 0 Å². The lowest BCUT2D eigenvalue weighted by atomic mass is 9.44. The van der Waals surface area contributed by atoms with Gasteiger partial charge >= 0.3 is 0 Å². The fourth-order valence-corrected chi connectivity index (χ4v) is 7.40. The van der Waals surface area contributed by atoms with Gasteiger partial charge in [-0.15, -0.1) is 0 Å². The molecule has 0 bridgehead atoms. The Morgan fingerprint density at radius 1 is 1.28 bits per heavy atom. The van der Waals surface area contributed by atoms with Gasteiger partial charge in [0.25, 0.3) is 0 Å². The molecule has 0 spiro atoms. The molecular formula is C23H30F2O4. The van der Waals surface area contributed by atoms with Crippen LogP contribution in [-0.4, -0.2) is 45.3 Å². The van der Waals surface area contributed by atoms with Gasteiger partial charge in [-0.25, -0.2) is 8.78 Å². The number of hydrogen-bond acceptors (Lipinski definition) is 4. The predicted molar refractivity (Wildman–Crippen MR) is 103 cm³/mol. The molecule has 6 heteroatoms. The molecule has 0 aromatic heterocycles. The van der Waals surface area contributed by atoms with Crippen molar-refractivity contribution in [2.45, 2.75) is 76.9 Å². The summed E-state index contributed by atoms with van der Waals surface area (Å²) in [4.78, 5) is 24.6. The lowest BCUT2D eigenvalue weighted by Crippen LogP contribution is -2.70. The molecule has 160 valence electrons. The highest BCUT2D eigenvalue weighted by atomic mass is 19.1. The maximum atomic E-state index is 16.9. The number of aliphatic hydroxyl groups excluding tert-OH is 1. The van der Waals surface area contributed by atoms with Crippen molar-refractivity contribution in [2.24, 2.45) is 28.6 Å². The molecule has 1 unspecified atom stereocenters. The van der Waals surface area contributed by atoms with Crippen molar-refractivity contribution in [1.82, 2.24) is 0 Å². The van der Waals surface area contributed by atoms with Crippen molar-refractivity contribution >= 4 is 11.6 Å². The Morgan fingerprint density at radius 2 is 1.93 bits per heavy atom. The number of Topliss-reactive ketones (excluding diaryl/α,β-unsaturated/α-hetero) is 1. The van der Waals surface area contributed by atoms with Crippen LogP contribution < -0.4 is 0 Å². The van der Waals surface area contributed by atoms with Crippen LogP contribution in [0.1, 0.15) is 53.4 Å². The van der Waals surface area contributed by atoms with E-state index >= 15 is 8.78 Å². The monoisotopic (exact) mass is 408 g/mol. The summed E-state index contributed by atoms with van der Waals surface area (Å²) in [6, 6.07) is 0. The van der Waals surface area contributed by atoms with Crippen LogP contribution in [0.25, 0.3) is 0 Å². The zero-order valence-electron chi connectivity index (χ0n) is 17.4. The van der Waals surface area contributed by atoms with Gasteiger partial charge in [-0.05, 0) is 55.7 Å². The number of rotatable bonds is 2. The first-order valence-corrected chi connectivity index (χ1v) is 10.6. The summed E-state index contributed by atoms with van der Waals surface area (Å²) in [5.41, 5.74) is -6.25. The lowest BCUT2D eigenvalue weighted by Gasteiger charge is -2.63. The number of aliphatic hydroxyl groups is 2. The Bertz CT molecular complexity index is 837. The van der Waals surface area contributed by atoms with Gasteiger partial charge in [0.05, 0.1) is 6.10 Å². The highest BCUT2D eigenvalue weighted by Gasteiger charge is 2.76. The summed E-state index contributed by atoms with van der Waals surface area (Å²) < 4.78 is 32.2. The maximum Gasteiger partial charge on any atom is 0.178 e. The molecule has 4 nitrogen and oxygen atoms in total. The average molecular weight is 408 g/mol. The molecule has 0 aromatic carbocycles. The van der Waals surface area contributed by atoms with Crippen LogP contribution in [0.15, 0.2) is 23.8 Å². The third-order valence-corrected chi connectivity index (χ3v) is 8.96. The first-order chi connectivity index (χ1) is 13.4. The van der Waals surface area contributed by atoms with Crippen LogP contribution in [0.5, 0.6) is 0 Å². The fourth-order valence-electron chi connectivity index (χ4n) is 7.40. The first-order valence-electron chi connectivity index (χ1n) is 10.6. The van der Waals surface area contributed by atoms with E-state index in [1.165, 1.54) is 12.2 Å². The third-order valence-electron chi connectivity index (χ3n) is 8.96. The minimum atomic E-state index is -2.18. The Hall–Kier alpha value is -1.40. The van der Waals surface area contributed by atoms with Crippen molar-refractivity contribution in [3.63, 3.8) is 0 Å². The largest absolute Gasteiger partial charge is 0.390 e. The van der Waals surface area contributed by atoms with Crippen molar-refractivity contribution in [1.29, 1.82) is 0 Å². The standard InChI is InChI=1S/C23H30F2O4/c1-5-18(27)23(29)12(2)8-14-15-10-17(24)16-9-13(26)6-7-20(16,3)22(15,25)19(28)11-21(14,23)4/h6-7,9,12,14-15,17,19,28-29H,5,8,10-11H2,1-4H3/t12-,14?,15-,17-,19-,20-,21-,22-,23-/m0/s1. The van der Waals surface area contributed by atoms with Gasteiger partial charge in [0.15, 0.2) is 17.2 Å². The summed E-state index contributed by atoms with van der Waals surface area (Å²) >= 11 is 0. The second-order valence-corrected chi connectivity index (χ2v) is 10.0. The van der Waals surface area contributed by atoms with Crippen LogP contribution in [0.4, 0.5) is 8.78 Å². The number of allylic oxidation sites excluding steroid dienone is 4. The van der Waals surface area contributed by atoms with Crippen LogP contribution in [0, 0.1) is 28.6 Å². The molecule has 9 atom stereocenters. The SMILES string of the molecule is CCC(=O)[C@@]1(O)[C@@H](C)CC2[C@@H]3C[C@H](F)C4=CC(=O)C=C[C@]4(C)[C@@]3(F)[C@@H](O)C[C@@]21C. The van der Waals surface area contributed by atoms with Crippen molar-refractivity contribution in [3.8, 4) is 0 Å². The zero-order valence-corrected chi connectivity index (χ0v) is 17.4. The number of carbonyl (C=O) groups is 2. The second-order valence-electron chi connectivity index (χ2n) is 10.0. The molecule has 3 fully saturated rings. The van der Waals surface area contributed by atoms with Gasteiger partial charge in [0.1, 0.15) is 11.8 Å². The van der Waals surface area contributed by atoms with E-state index < -0.39 is 52.1 Å². The molecule has 0 radical (unpaired) electrons. The average Bonchev–Trinajstić information content (AvgIpc) is 2.86. The topological polar surface area (TPSA) is 74.6 Å². The van der Waals surface area contributed by atoms with E-state index in [2.05, 4.69) is 0 Å². The quantitative estimate of drug-likeness (QED) is 0.736. The zero-order chi connectivity index (χ0) is 21.6. The van der Waals surface area contributed by atoms with Crippen LogP contribution in [0.3, 0.4) is 0 Å². The highest BCUT2D eigenvalue weighted by molar-refractivity contribution is 6.01. The molecule has 4 aliphatic rings. The number of alkyl halides is 2. The Morgan fingerprint density at radius 3 is 2.55 bits per heavy atom. The van der Waals surface area contributed by atoms with E-state index in [0.29, 0.717) is 6.42 Å². The highest BCUT2D eigenvalue weighted by Crippen LogP contribution is 2.71. The second kappa shape index (κ2) is 6.07. The molecule has 0 saturated heterocycles. The minimum Gasteiger partial charge on any atom is -0.390 e. The molecule has 0 amide bonds. The third kappa shape index (κ3) is 2.20. The molecule has 4 aliphatic carbocycles. The predicted octanol–water partition coefficient (Wildman–Crippen LogP) is 3.26. The van der Waals surface area contributed by atoms with Gasteiger partial charge in [-0.3, -0.25) is 9.59 Å². The Labute approximate surface area is 170 Å². The molecular weight excluding hydrogens is 378 g/mol. The van der Waals surface area contributed by atoms with E-state index in [-0.39, 0.29) is 36.4 Å². The van der Waals surface area contributed by atoms with E-state index in [0.717, 1.165) is 6.08 Å². The lowest BCUT2D eigenvalue weighted by molar-refractivity contribution is -0.223. The molecule has 0 aliphatic heterocycles. The van der Waals surface area contributed by atoms with Gasteiger partial charge < -0.3 is 10.2 Å². The van der Waals surface area contributed by atoms with Crippen LogP contribution >= 0.6 is 0 Å². The number of hydrogen-bond donors (Lipinski definition) is 2. The summed E-state index contributed by atoms with van der Waals surface area (Å²) in [5.74, 6) is -2.42. The van der Waals surface area contributed by atoms with Gasteiger partial charge in [-0.2, -0.15) is 0 Å². The molecule has 0 aromatic rings. The van der Waals surface area contributed by atoms with Gasteiger partial charge in [-0.1, -0.05) is 26.8 Å². The molecule has 4 rings (SSSR count). The van der Waals surface area contributed by atoms with Gasteiger partial charge in [0, 0.05) is 23.2 Å². The number of ketones is 2. The molecule has 29 heavy (non-hydrogen) atoms. The van der Waals surface area contributed by atoms with E-state index in [1.807, 2.05) is 0 Å². The number of halogens is 2. The van der Waals surface area contributed by atoms with E-state index in [4.69, 9.17) is 0 Å². The normalized spacial score (nSPS) is 53.7. The fraction of sp³-hybridized carbons (Fsp3) is 0.739. The minimum absolute atomic E-state index is 0.0809.